The van der Waals surface area contributed by atoms with Crippen LogP contribution in [0.1, 0.15) is 31.7 Å². The van der Waals surface area contributed by atoms with Crippen LogP contribution in [0.4, 0.5) is 0 Å². The van der Waals surface area contributed by atoms with E-state index in [-0.39, 0.29) is 0 Å². The minimum absolute atomic E-state index is 0.769. The van der Waals surface area contributed by atoms with Crippen molar-refractivity contribution < 1.29 is 4.74 Å². The lowest BCUT2D eigenvalue weighted by molar-refractivity contribution is 0.306. The van der Waals surface area contributed by atoms with Crippen molar-refractivity contribution in [2.24, 2.45) is 0 Å². The first-order valence-corrected chi connectivity index (χ1v) is 7.07. The Morgan fingerprint density at radius 2 is 2.00 bits per heavy atom. The first-order chi connectivity index (χ1) is 9.38. The predicted octanol–water partition coefficient (Wildman–Crippen LogP) is 3.69. The molecule has 0 atom stereocenters. The first-order valence-electron chi connectivity index (χ1n) is 7.07. The van der Waals surface area contributed by atoms with Crippen molar-refractivity contribution in [3.8, 4) is 5.75 Å². The standard InChI is InChI=1S/C16H22N2O/c1-2-11-18-14-16(13-17-18)19-12-7-6-10-15-8-4-3-5-9-15/h3-5,8-9,13-14H,2,6-7,10-12H2,1H3. The van der Waals surface area contributed by atoms with Crippen LogP contribution in [0, 0.1) is 0 Å². The molecule has 0 saturated carbocycles. The van der Waals surface area contributed by atoms with Gasteiger partial charge >= 0.3 is 0 Å². The topological polar surface area (TPSA) is 27.1 Å². The molecule has 0 unspecified atom stereocenters. The highest BCUT2D eigenvalue weighted by Gasteiger charge is 1.99. The van der Waals surface area contributed by atoms with Gasteiger partial charge in [0.1, 0.15) is 0 Å². The van der Waals surface area contributed by atoms with E-state index in [1.54, 1.807) is 6.20 Å². The van der Waals surface area contributed by atoms with Crippen LogP contribution in [0.15, 0.2) is 42.7 Å². The van der Waals surface area contributed by atoms with Gasteiger partial charge in [0.25, 0.3) is 0 Å². The number of hydrogen-bond donors (Lipinski definition) is 0. The molecular weight excluding hydrogens is 236 g/mol. The van der Waals surface area contributed by atoms with Gasteiger partial charge in [-0.15, -0.1) is 0 Å². The van der Waals surface area contributed by atoms with Crippen molar-refractivity contribution in [2.45, 2.75) is 39.2 Å². The Morgan fingerprint density at radius 3 is 2.79 bits per heavy atom. The smallest absolute Gasteiger partial charge is 0.157 e. The molecule has 0 fully saturated rings. The minimum atomic E-state index is 0.769. The quantitative estimate of drug-likeness (QED) is 0.675. The van der Waals surface area contributed by atoms with E-state index >= 15 is 0 Å². The normalized spacial score (nSPS) is 10.6. The van der Waals surface area contributed by atoms with Crippen molar-refractivity contribution >= 4 is 0 Å². The summed E-state index contributed by atoms with van der Waals surface area (Å²) in [4.78, 5) is 0. The number of aryl methyl sites for hydroxylation is 2. The van der Waals surface area contributed by atoms with Crippen molar-refractivity contribution in [3.63, 3.8) is 0 Å². The number of unbranched alkanes of at least 4 members (excludes halogenated alkanes) is 1. The molecule has 3 heteroatoms. The molecule has 0 spiro atoms. The highest BCUT2D eigenvalue weighted by atomic mass is 16.5. The van der Waals surface area contributed by atoms with Crippen LogP contribution >= 0.6 is 0 Å². The molecule has 0 aliphatic carbocycles. The Bertz CT molecular complexity index is 465. The molecule has 0 aliphatic heterocycles. The molecule has 2 aromatic rings. The lowest BCUT2D eigenvalue weighted by Crippen LogP contribution is -1.98. The number of rotatable bonds is 8. The molecule has 3 nitrogen and oxygen atoms in total. The van der Waals surface area contributed by atoms with Gasteiger partial charge in [-0.05, 0) is 31.2 Å². The van der Waals surface area contributed by atoms with Crippen LogP contribution in [0.5, 0.6) is 5.75 Å². The Balaban J connectivity index is 1.61. The van der Waals surface area contributed by atoms with Gasteiger partial charge in [0.15, 0.2) is 5.75 Å². The summed E-state index contributed by atoms with van der Waals surface area (Å²) in [6.07, 6.45) is 8.23. The van der Waals surface area contributed by atoms with E-state index in [4.69, 9.17) is 4.74 Å². The fourth-order valence-electron chi connectivity index (χ4n) is 2.04. The maximum Gasteiger partial charge on any atom is 0.157 e. The van der Waals surface area contributed by atoms with E-state index in [0.29, 0.717) is 0 Å². The van der Waals surface area contributed by atoms with Crippen LogP contribution in [0.3, 0.4) is 0 Å². The average molecular weight is 258 g/mol. The number of aromatic nitrogens is 2. The predicted molar refractivity (Wildman–Crippen MR) is 77.4 cm³/mol. The molecule has 0 bridgehead atoms. The van der Waals surface area contributed by atoms with Crippen LogP contribution in [-0.2, 0) is 13.0 Å². The molecule has 1 aromatic carbocycles. The van der Waals surface area contributed by atoms with Gasteiger partial charge in [0.2, 0.25) is 0 Å². The Labute approximate surface area is 115 Å². The van der Waals surface area contributed by atoms with Crippen molar-refractivity contribution in [3.05, 3.63) is 48.3 Å². The second kappa shape index (κ2) is 7.62. The highest BCUT2D eigenvalue weighted by Crippen LogP contribution is 2.10. The van der Waals surface area contributed by atoms with Gasteiger partial charge < -0.3 is 4.74 Å². The van der Waals surface area contributed by atoms with Gasteiger partial charge in [0.05, 0.1) is 19.0 Å². The van der Waals surface area contributed by atoms with E-state index in [1.807, 2.05) is 10.9 Å². The van der Waals surface area contributed by atoms with Crippen LogP contribution < -0.4 is 4.74 Å². The zero-order valence-electron chi connectivity index (χ0n) is 11.6. The Kier molecular flexibility index (Phi) is 5.48. The van der Waals surface area contributed by atoms with Gasteiger partial charge in [-0.3, -0.25) is 4.68 Å². The molecule has 0 N–H and O–H groups in total. The summed E-state index contributed by atoms with van der Waals surface area (Å²) in [6, 6.07) is 10.6. The SMILES string of the molecule is CCCn1cc(OCCCCc2ccccc2)cn1. The Morgan fingerprint density at radius 1 is 1.16 bits per heavy atom. The van der Waals surface area contributed by atoms with E-state index < -0.39 is 0 Å². The largest absolute Gasteiger partial charge is 0.490 e. The van der Waals surface area contributed by atoms with Crippen LogP contribution in [0.2, 0.25) is 0 Å². The average Bonchev–Trinajstić information content (AvgIpc) is 2.88. The molecule has 19 heavy (non-hydrogen) atoms. The fourth-order valence-corrected chi connectivity index (χ4v) is 2.04. The summed E-state index contributed by atoms with van der Waals surface area (Å²) < 4.78 is 7.62. The second-order valence-electron chi connectivity index (χ2n) is 4.73. The second-order valence-corrected chi connectivity index (χ2v) is 4.73. The third-order valence-electron chi connectivity index (χ3n) is 3.03. The van der Waals surface area contributed by atoms with E-state index in [0.717, 1.165) is 44.6 Å². The lowest BCUT2D eigenvalue weighted by Gasteiger charge is -2.03. The molecule has 0 saturated heterocycles. The summed E-state index contributed by atoms with van der Waals surface area (Å²) in [5.74, 6) is 0.883. The zero-order valence-corrected chi connectivity index (χ0v) is 11.6. The molecule has 1 heterocycles. The molecule has 102 valence electrons. The number of nitrogens with zero attached hydrogens (tertiary/aromatic N) is 2. The number of benzene rings is 1. The molecule has 2 rings (SSSR count). The summed E-state index contributed by atoms with van der Waals surface area (Å²) in [5, 5.41) is 4.24. The van der Waals surface area contributed by atoms with Gasteiger partial charge in [-0.25, -0.2) is 0 Å². The summed E-state index contributed by atoms with van der Waals surface area (Å²) in [6.45, 7) is 3.87. The van der Waals surface area contributed by atoms with Gasteiger partial charge in [-0.1, -0.05) is 37.3 Å². The molecular formula is C16H22N2O. The summed E-state index contributed by atoms with van der Waals surface area (Å²) in [5.41, 5.74) is 1.40. The van der Waals surface area contributed by atoms with E-state index in [9.17, 15) is 0 Å². The van der Waals surface area contributed by atoms with Crippen molar-refractivity contribution in [1.82, 2.24) is 9.78 Å². The summed E-state index contributed by atoms with van der Waals surface area (Å²) in [7, 11) is 0. The van der Waals surface area contributed by atoms with E-state index in [2.05, 4.69) is 42.4 Å². The first kappa shape index (κ1) is 13.7. The summed E-state index contributed by atoms with van der Waals surface area (Å²) >= 11 is 0. The maximum atomic E-state index is 5.69. The minimum Gasteiger partial charge on any atom is -0.490 e. The van der Waals surface area contributed by atoms with Crippen molar-refractivity contribution in [1.29, 1.82) is 0 Å². The lowest BCUT2D eigenvalue weighted by atomic mass is 10.1. The third-order valence-corrected chi connectivity index (χ3v) is 3.03. The zero-order chi connectivity index (χ0) is 13.3. The number of hydrogen-bond acceptors (Lipinski definition) is 2. The third kappa shape index (κ3) is 4.78. The van der Waals surface area contributed by atoms with E-state index in [1.165, 1.54) is 5.56 Å². The van der Waals surface area contributed by atoms with Crippen molar-refractivity contribution in [2.75, 3.05) is 6.61 Å². The molecule has 1 aromatic heterocycles. The monoisotopic (exact) mass is 258 g/mol. The van der Waals surface area contributed by atoms with Crippen LogP contribution in [-0.4, -0.2) is 16.4 Å². The van der Waals surface area contributed by atoms with Gasteiger partial charge in [0, 0.05) is 6.54 Å². The van der Waals surface area contributed by atoms with Crippen LogP contribution in [0.25, 0.3) is 0 Å². The molecule has 0 aliphatic rings. The molecule has 0 radical (unpaired) electrons. The highest BCUT2D eigenvalue weighted by molar-refractivity contribution is 5.14. The number of ether oxygens (including phenoxy) is 1. The van der Waals surface area contributed by atoms with Gasteiger partial charge in [-0.2, -0.15) is 5.10 Å². The Hall–Kier alpha value is -1.77. The fraction of sp³-hybridized carbons (Fsp3) is 0.438. The molecule has 0 amide bonds. The maximum absolute atomic E-state index is 5.69.